The molecular formula is C31H48FNO3. The predicted octanol–water partition coefficient (Wildman–Crippen LogP) is 8.90. The second-order valence-corrected chi connectivity index (χ2v) is 9.31. The van der Waals surface area contributed by atoms with E-state index in [1.165, 1.54) is 24.6 Å². The maximum atomic E-state index is 12.7. The van der Waals surface area contributed by atoms with E-state index in [4.69, 9.17) is 0 Å². The summed E-state index contributed by atoms with van der Waals surface area (Å²) in [5.41, 5.74) is 3.66. The number of ketones is 3. The summed E-state index contributed by atoms with van der Waals surface area (Å²) >= 11 is 0. The van der Waals surface area contributed by atoms with Crippen molar-refractivity contribution < 1.29 is 18.8 Å². The molecule has 0 aliphatic rings. The zero-order valence-corrected chi connectivity index (χ0v) is 24.0. The highest BCUT2D eigenvalue weighted by Gasteiger charge is 2.18. The normalized spacial score (nSPS) is 11.1. The Bertz CT molecular complexity index is 870. The highest BCUT2D eigenvalue weighted by Crippen LogP contribution is 2.19. The molecule has 36 heavy (non-hydrogen) atoms. The summed E-state index contributed by atoms with van der Waals surface area (Å²) < 4.78 is 12.7. The smallest absolute Gasteiger partial charge is 0.173 e. The zero-order valence-electron chi connectivity index (χ0n) is 24.0. The minimum absolute atomic E-state index is 0.0255. The van der Waals surface area contributed by atoms with E-state index in [9.17, 15) is 18.8 Å². The molecule has 0 saturated heterocycles. The third-order valence-electron chi connectivity index (χ3n) is 5.39. The van der Waals surface area contributed by atoms with Gasteiger partial charge in [0.15, 0.2) is 11.6 Å². The van der Waals surface area contributed by atoms with Crippen LogP contribution in [0.2, 0.25) is 0 Å². The standard InChI is InChI=1S/C14H19FO.C9H16O.C8H13NO/c1-3-5-11(6-4-2)14(16)12-7-9-13(15)10-8-12;1-4-8(2)6-5-7-9(3)10;1-6(2)5-9-7(3)8(4)10/h7-11H,3-6H2,1-2H3;4H,5-7H2,1-3H3;5H,1-4H3/b;8-4+;. The summed E-state index contributed by atoms with van der Waals surface area (Å²) in [5, 5.41) is 0. The second kappa shape index (κ2) is 21.6. The maximum Gasteiger partial charge on any atom is 0.173 e. The lowest BCUT2D eigenvalue weighted by molar-refractivity contribution is -0.117. The lowest BCUT2D eigenvalue weighted by Crippen LogP contribution is -2.14. The number of carbonyl (C=O) groups is 3. The van der Waals surface area contributed by atoms with E-state index < -0.39 is 0 Å². The lowest BCUT2D eigenvalue weighted by Gasteiger charge is -2.13. The fraction of sp³-hybridized carbons (Fsp3) is 0.548. The molecule has 202 valence electrons. The molecule has 5 heteroatoms. The molecule has 0 fully saturated rings. The summed E-state index contributed by atoms with van der Waals surface area (Å²) in [6, 6.07) is 5.86. The largest absolute Gasteiger partial charge is 0.300 e. The van der Waals surface area contributed by atoms with Crippen molar-refractivity contribution in [3.63, 3.8) is 0 Å². The number of hydrogen-bond acceptors (Lipinski definition) is 4. The minimum atomic E-state index is -0.293. The van der Waals surface area contributed by atoms with Crippen LogP contribution >= 0.6 is 0 Å². The van der Waals surface area contributed by atoms with Gasteiger partial charge in [0.25, 0.3) is 0 Å². The number of Topliss-reactive ketones (excluding diaryl/α,β-unsaturated/α-hetero) is 3. The van der Waals surface area contributed by atoms with E-state index in [1.54, 1.807) is 32.2 Å². The molecule has 0 spiro atoms. The Kier molecular flexibility index (Phi) is 21.3. The number of allylic oxidation sites excluding steroid dienone is 3. The van der Waals surface area contributed by atoms with Gasteiger partial charge < -0.3 is 4.79 Å². The van der Waals surface area contributed by atoms with Gasteiger partial charge in [-0.3, -0.25) is 14.6 Å². The average Bonchev–Trinajstić information content (AvgIpc) is 2.82. The quantitative estimate of drug-likeness (QED) is 0.163. The van der Waals surface area contributed by atoms with E-state index >= 15 is 0 Å². The monoisotopic (exact) mass is 501 g/mol. The highest BCUT2D eigenvalue weighted by molar-refractivity contribution is 6.38. The number of benzene rings is 1. The van der Waals surface area contributed by atoms with Gasteiger partial charge >= 0.3 is 0 Å². The molecule has 0 aliphatic heterocycles. The van der Waals surface area contributed by atoms with Gasteiger partial charge in [0.05, 0.1) is 5.71 Å². The average molecular weight is 502 g/mol. The minimum Gasteiger partial charge on any atom is -0.300 e. The van der Waals surface area contributed by atoms with Gasteiger partial charge in [0.2, 0.25) is 0 Å². The van der Waals surface area contributed by atoms with Crippen molar-refractivity contribution in [2.45, 2.75) is 107 Å². The van der Waals surface area contributed by atoms with Crippen LogP contribution in [-0.4, -0.2) is 23.1 Å². The van der Waals surface area contributed by atoms with Crippen LogP contribution in [0.5, 0.6) is 0 Å². The first kappa shape index (κ1) is 35.5. The number of hydrogen-bond donors (Lipinski definition) is 0. The zero-order chi connectivity index (χ0) is 28.1. The molecule has 0 aromatic heterocycles. The first-order valence-electron chi connectivity index (χ1n) is 13.0. The summed E-state index contributed by atoms with van der Waals surface area (Å²) in [6.45, 7) is 17.0. The molecule has 1 rings (SSSR count). The summed E-state index contributed by atoms with van der Waals surface area (Å²) in [4.78, 5) is 37.1. The predicted molar refractivity (Wildman–Crippen MR) is 151 cm³/mol. The highest BCUT2D eigenvalue weighted by atomic mass is 19.1. The van der Waals surface area contributed by atoms with Gasteiger partial charge in [-0.1, -0.05) is 43.9 Å². The van der Waals surface area contributed by atoms with Gasteiger partial charge in [0, 0.05) is 31.0 Å². The van der Waals surface area contributed by atoms with Crippen LogP contribution in [-0.2, 0) is 9.59 Å². The molecule has 0 saturated carbocycles. The van der Waals surface area contributed by atoms with E-state index in [2.05, 4.69) is 31.8 Å². The number of nitrogens with zero attached hydrogens (tertiary/aromatic N) is 1. The van der Waals surface area contributed by atoms with Crippen molar-refractivity contribution in [2.24, 2.45) is 10.9 Å². The summed E-state index contributed by atoms with van der Waals surface area (Å²) in [6.07, 6.45) is 10.5. The van der Waals surface area contributed by atoms with E-state index in [-0.39, 0.29) is 23.3 Å². The number of carbonyl (C=O) groups excluding carboxylic acids is 3. The lowest BCUT2D eigenvalue weighted by atomic mass is 9.90. The van der Waals surface area contributed by atoms with Crippen LogP contribution in [0, 0.1) is 11.7 Å². The van der Waals surface area contributed by atoms with Gasteiger partial charge in [-0.15, -0.1) is 0 Å². The topological polar surface area (TPSA) is 63.6 Å². The van der Waals surface area contributed by atoms with Gasteiger partial charge in [-0.05, 0) is 91.5 Å². The van der Waals surface area contributed by atoms with Crippen molar-refractivity contribution >= 4 is 23.1 Å². The van der Waals surface area contributed by atoms with Crippen LogP contribution in [0.3, 0.4) is 0 Å². The van der Waals surface area contributed by atoms with Crippen LogP contribution in [0.4, 0.5) is 4.39 Å². The molecule has 0 amide bonds. The Morgan fingerprint density at radius 2 is 1.42 bits per heavy atom. The SMILES string of the molecule is C/C=C(\C)CCCC(C)=O.CC(=O)C(C)=NC=C(C)C.CCCC(CCC)C(=O)c1ccc(F)cc1. The van der Waals surface area contributed by atoms with Gasteiger partial charge in [-0.25, -0.2) is 4.39 Å². The van der Waals surface area contributed by atoms with Crippen molar-refractivity contribution in [3.05, 3.63) is 59.1 Å². The molecule has 0 atom stereocenters. The first-order chi connectivity index (χ1) is 16.9. The van der Waals surface area contributed by atoms with E-state index in [0.717, 1.165) is 50.5 Å². The number of halogens is 1. The third-order valence-corrected chi connectivity index (χ3v) is 5.39. The first-order valence-corrected chi connectivity index (χ1v) is 13.0. The molecule has 1 aromatic rings. The Hall–Kier alpha value is -2.69. The summed E-state index contributed by atoms with van der Waals surface area (Å²) in [5.74, 6) is 0.282. The molecule has 0 aliphatic carbocycles. The van der Waals surface area contributed by atoms with Crippen molar-refractivity contribution in [1.82, 2.24) is 0 Å². The molecule has 0 heterocycles. The molecule has 0 N–H and O–H groups in total. The molecule has 0 radical (unpaired) electrons. The molecular weight excluding hydrogens is 453 g/mol. The van der Waals surface area contributed by atoms with Crippen LogP contribution in [0.25, 0.3) is 0 Å². The fourth-order valence-corrected chi connectivity index (χ4v) is 3.03. The third kappa shape index (κ3) is 19.6. The van der Waals surface area contributed by atoms with E-state index in [0.29, 0.717) is 17.1 Å². The van der Waals surface area contributed by atoms with Crippen LogP contribution in [0.1, 0.15) is 118 Å². The molecule has 1 aromatic carbocycles. The molecule has 0 unspecified atom stereocenters. The fourth-order valence-electron chi connectivity index (χ4n) is 3.03. The summed E-state index contributed by atoms with van der Waals surface area (Å²) in [7, 11) is 0. The Labute approximate surface area is 219 Å². The Morgan fingerprint density at radius 3 is 1.81 bits per heavy atom. The van der Waals surface area contributed by atoms with Gasteiger partial charge in [0.1, 0.15) is 11.6 Å². The Morgan fingerprint density at radius 1 is 0.889 bits per heavy atom. The van der Waals surface area contributed by atoms with Crippen molar-refractivity contribution in [1.29, 1.82) is 0 Å². The second-order valence-electron chi connectivity index (χ2n) is 9.31. The molecule has 4 nitrogen and oxygen atoms in total. The van der Waals surface area contributed by atoms with Crippen LogP contribution in [0.15, 0.2) is 52.7 Å². The Balaban J connectivity index is 0. The maximum absolute atomic E-state index is 12.7. The van der Waals surface area contributed by atoms with Crippen molar-refractivity contribution in [3.8, 4) is 0 Å². The number of rotatable bonds is 12. The van der Waals surface area contributed by atoms with Crippen LogP contribution < -0.4 is 0 Å². The van der Waals surface area contributed by atoms with Crippen molar-refractivity contribution in [2.75, 3.05) is 0 Å². The van der Waals surface area contributed by atoms with E-state index in [1.807, 2.05) is 20.8 Å². The number of aliphatic imine (C=N–C) groups is 1. The van der Waals surface area contributed by atoms with Gasteiger partial charge in [-0.2, -0.15) is 0 Å². The molecule has 0 bridgehead atoms.